The highest BCUT2D eigenvalue weighted by molar-refractivity contribution is 5.96. The van der Waals surface area contributed by atoms with Crippen molar-refractivity contribution in [3.05, 3.63) is 25.3 Å². The minimum absolute atomic E-state index is 0.594. The lowest BCUT2D eigenvalue weighted by Gasteiger charge is -2.07. The first-order valence-electron chi connectivity index (χ1n) is 4.41. The van der Waals surface area contributed by atoms with Crippen LogP contribution in [0.4, 0.5) is 0 Å². The first-order valence-corrected chi connectivity index (χ1v) is 4.41. The Hall–Kier alpha value is -2.28. The van der Waals surface area contributed by atoms with E-state index < -0.39 is 36.3 Å². The molecule has 0 rings (SSSR count). The van der Waals surface area contributed by atoms with Crippen LogP contribution in [-0.2, 0) is 28.7 Å². The SMILES string of the molecule is C=CC(=O)OC(=O)C[C@H](N)C(=O)OC(=O)C=C. The Morgan fingerprint density at radius 1 is 1.06 bits per heavy atom. The van der Waals surface area contributed by atoms with Gasteiger partial charge in [-0.15, -0.1) is 0 Å². The zero-order valence-corrected chi connectivity index (χ0v) is 8.88. The van der Waals surface area contributed by atoms with Crippen molar-refractivity contribution >= 4 is 23.9 Å². The molecule has 0 fully saturated rings. The van der Waals surface area contributed by atoms with Gasteiger partial charge in [0.15, 0.2) is 0 Å². The highest BCUT2D eigenvalue weighted by atomic mass is 16.6. The number of esters is 4. The van der Waals surface area contributed by atoms with Crippen LogP contribution in [0.5, 0.6) is 0 Å². The van der Waals surface area contributed by atoms with Gasteiger partial charge in [0.25, 0.3) is 0 Å². The van der Waals surface area contributed by atoms with Crippen LogP contribution < -0.4 is 5.73 Å². The molecule has 0 saturated carbocycles. The number of hydrogen-bond acceptors (Lipinski definition) is 7. The lowest BCUT2D eigenvalue weighted by Crippen LogP contribution is -2.36. The van der Waals surface area contributed by atoms with Crippen LogP contribution in [0, 0.1) is 0 Å². The standard InChI is InChI=1S/C10H11NO6/c1-3-7(12)16-9(14)5-6(11)10(15)17-8(13)4-2/h3-4,6H,1-2,5,11H2/t6-/m0/s1. The summed E-state index contributed by atoms with van der Waals surface area (Å²) >= 11 is 0. The Labute approximate surface area is 96.9 Å². The normalized spacial score (nSPS) is 10.9. The molecule has 0 bridgehead atoms. The first kappa shape index (κ1) is 14.7. The van der Waals surface area contributed by atoms with Gasteiger partial charge >= 0.3 is 23.9 Å². The first-order chi connectivity index (χ1) is 7.90. The minimum atomic E-state index is -1.40. The zero-order valence-electron chi connectivity index (χ0n) is 8.88. The largest absolute Gasteiger partial charge is 0.390 e. The monoisotopic (exact) mass is 241 g/mol. The fourth-order valence-corrected chi connectivity index (χ4v) is 0.675. The van der Waals surface area contributed by atoms with Crippen molar-refractivity contribution in [2.75, 3.05) is 0 Å². The van der Waals surface area contributed by atoms with E-state index in [1.807, 2.05) is 0 Å². The van der Waals surface area contributed by atoms with Gasteiger partial charge in [-0.25, -0.2) is 14.4 Å². The zero-order chi connectivity index (χ0) is 13.4. The molecule has 92 valence electrons. The van der Waals surface area contributed by atoms with E-state index >= 15 is 0 Å². The fourth-order valence-electron chi connectivity index (χ4n) is 0.675. The molecule has 0 aromatic carbocycles. The van der Waals surface area contributed by atoms with Gasteiger partial charge in [0, 0.05) is 12.2 Å². The highest BCUT2D eigenvalue weighted by Crippen LogP contribution is 1.97. The number of rotatable bonds is 5. The van der Waals surface area contributed by atoms with Crippen molar-refractivity contribution in [1.29, 1.82) is 0 Å². The Morgan fingerprint density at radius 2 is 1.53 bits per heavy atom. The van der Waals surface area contributed by atoms with E-state index in [-0.39, 0.29) is 0 Å². The van der Waals surface area contributed by atoms with Crippen molar-refractivity contribution in [2.45, 2.75) is 12.5 Å². The topological polar surface area (TPSA) is 113 Å². The summed E-state index contributed by atoms with van der Waals surface area (Å²) < 4.78 is 8.32. The molecule has 7 heteroatoms. The van der Waals surface area contributed by atoms with Crippen LogP contribution in [0.2, 0.25) is 0 Å². The van der Waals surface area contributed by atoms with Crippen LogP contribution in [0.25, 0.3) is 0 Å². The number of ether oxygens (including phenoxy) is 2. The fraction of sp³-hybridized carbons (Fsp3) is 0.200. The second-order valence-corrected chi connectivity index (χ2v) is 2.75. The van der Waals surface area contributed by atoms with E-state index in [4.69, 9.17) is 5.73 Å². The number of hydrogen-bond donors (Lipinski definition) is 1. The average Bonchev–Trinajstić information content (AvgIpc) is 2.28. The summed E-state index contributed by atoms with van der Waals surface area (Å²) in [7, 11) is 0. The Morgan fingerprint density at radius 3 is 2.00 bits per heavy atom. The Kier molecular flexibility index (Phi) is 6.12. The number of carbonyl (C=O) groups is 4. The molecule has 0 radical (unpaired) electrons. The third-order valence-corrected chi connectivity index (χ3v) is 1.44. The van der Waals surface area contributed by atoms with Gasteiger partial charge < -0.3 is 15.2 Å². The van der Waals surface area contributed by atoms with E-state index in [9.17, 15) is 19.2 Å². The molecule has 0 aromatic rings. The lowest BCUT2D eigenvalue weighted by atomic mass is 10.2. The molecule has 0 amide bonds. The Bertz CT molecular complexity index is 373. The summed E-state index contributed by atoms with van der Waals surface area (Å²) in [4.78, 5) is 43.3. The van der Waals surface area contributed by atoms with Crippen LogP contribution in [0.15, 0.2) is 25.3 Å². The van der Waals surface area contributed by atoms with E-state index in [1.165, 1.54) is 0 Å². The van der Waals surface area contributed by atoms with Gasteiger partial charge in [-0.05, 0) is 0 Å². The maximum atomic E-state index is 11.1. The molecule has 0 saturated heterocycles. The maximum absolute atomic E-state index is 11.1. The number of nitrogens with two attached hydrogens (primary N) is 1. The predicted molar refractivity (Wildman–Crippen MR) is 55.2 cm³/mol. The Balaban J connectivity index is 4.20. The van der Waals surface area contributed by atoms with Crippen molar-refractivity contribution < 1.29 is 28.7 Å². The molecule has 0 aliphatic carbocycles. The van der Waals surface area contributed by atoms with Crippen LogP contribution in [0.3, 0.4) is 0 Å². The third-order valence-electron chi connectivity index (χ3n) is 1.44. The average molecular weight is 241 g/mol. The summed E-state index contributed by atoms with van der Waals surface area (Å²) in [5.41, 5.74) is 5.24. The molecule has 17 heavy (non-hydrogen) atoms. The van der Waals surface area contributed by atoms with Gasteiger partial charge in [0.05, 0.1) is 6.42 Å². The van der Waals surface area contributed by atoms with E-state index in [1.54, 1.807) is 0 Å². The molecular weight excluding hydrogens is 230 g/mol. The minimum Gasteiger partial charge on any atom is -0.390 e. The molecule has 2 N–H and O–H groups in total. The highest BCUT2D eigenvalue weighted by Gasteiger charge is 2.22. The lowest BCUT2D eigenvalue weighted by molar-refractivity contribution is -0.162. The smallest absolute Gasteiger partial charge is 0.337 e. The second-order valence-electron chi connectivity index (χ2n) is 2.75. The quantitative estimate of drug-likeness (QED) is 0.381. The van der Waals surface area contributed by atoms with Gasteiger partial charge in [-0.3, -0.25) is 4.79 Å². The molecule has 7 nitrogen and oxygen atoms in total. The van der Waals surface area contributed by atoms with Gasteiger partial charge in [-0.1, -0.05) is 13.2 Å². The van der Waals surface area contributed by atoms with Crippen LogP contribution in [-0.4, -0.2) is 29.9 Å². The van der Waals surface area contributed by atoms with Crippen molar-refractivity contribution in [1.82, 2.24) is 0 Å². The van der Waals surface area contributed by atoms with Gasteiger partial charge in [-0.2, -0.15) is 0 Å². The summed E-state index contributed by atoms with van der Waals surface area (Å²) in [6, 6.07) is -1.40. The molecule has 0 spiro atoms. The van der Waals surface area contributed by atoms with Crippen molar-refractivity contribution in [2.24, 2.45) is 5.73 Å². The van der Waals surface area contributed by atoms with E-state index in [2.05, 4.69) is 22.6 Å². The summed E-state index contributed by atoms with van der Waals surface area (Å²) in [6.45, 7) is 6.14. The van der Waals surface area contributed by atoms with Crippen LogP contribution in [0.1, 0.15) is 6.42 Å². The second kappa shape index (κ2) is 7.07. The maximum Gasteiger partial charge on any atom is 0.337 e. The molecular formula is C10H11NO6. The molecule has 0 aliphatic rings. The molecule has 1 atom stereocenters. The molecule has 0 heterocycles. The van der Waals surface area contributed by atoms with Gasteiger partial charge in [0.2, 0.25) is 0 Å². The summed E-state index contributed by atoms with van der Waals surface area (Å²) in [5, 5.41) is 0. The van der Waals surface area contributed by atoms with Crippen molar-refractivity contribution in [3.63, 3.8) is 0 Å². The third kappa shape index (κ3) is 6.00. The molecule has 0 aliphatic heterocycles. The number of carbonyl (C=O) groups excluding carboxylic acids is 4. The molecule has 0 aromatic heterocycles. The van der Waals surface area contributed by atoms with E-state index in [0.717, 1.165) is 12.2 Å². The summed E-state index contributed by atoms with van der Waals surface area (Å²) in [6.07, 6.45) is 0.954. The van der Waals surface area contributed by atoms with Crippen LogP contribution >= 0.6 is 0 Å². The molecule has 0 unspecified atom stereocenters. The van der Waals surface area contributed by atoms with Crippen molar-refractivity contribution in [3.8, 4) is 0 Å². The summed E-state index contributed by atoms with van der Waals surface area (Å²) in [5.74, 6) is -4.08. The van der Waals surface area contributed by atoms with Gasteiger partial charge in [0.1, 0.15) is 6.04 Å². The predicted octanol–water partition coefficient (Wildman–Crippen LogP) is -0.785. The van der Waals surface area contributed by atoms with E-state index in [0.29, 0.717) is 0 Å².